The minimum atomic E-state index is -0.245. The molecule has 124 valence electrons. The van der Waals surface area contributed by atoms with E-state index < -0.39 is 0 Å². The van der Waals surface area contributed by atoms with Crippen LogP contribution < -0.4 is 10.1 Å². The summed E-state index contributed by atoms with van der Waals surface area (Å²) in [6, 6.07) is 16.9. The summed E-state index contributed by atoms with van der Waals surface area (Å²) in [6.07, 6.45) is 1.63. The molecule has 0 unspecified atom stereocenters. The zero-order chi connectivity index (χ0) is 16.5. The van der Waals surface area contributed by atoms with Crippen LogP contribution in [0.3, 0.4) is 0 Å². The van der Waals surface area contributed by atoms with Crippen molar-refractivity contribution in [3.63, 3.8) is 0 Å². The van der Waals surface area contributed by atoms with Crippen LogP contribution in [0.25, 0.3) is 0 Å². The van der Waals surface area contributed by atoms with Gasteiger partial charge < -0.3 is 15.2 Å². The van der Waals surface area contributed by atoms with Gasteiger partial charge in [0.05, 0.1) is 19.3 Å². The number of rotatable bonds is 9. The molecule has 0 amide bonds. The maximum Gasteiger partial charge on any atom is 0.122 e. The van der Waals surface area contributed by atoms with E-state index >= 15 is 0 Å². The molecule has 2 aromatic carbocycles. The molecule has 1 atom stereocenters. The summed E-state index contributed by atoms with van der Waals surface area (Å²) in [5.74, 6) is 0.981. The Morgan fingerprint density at radius 2 is 1.91 bits per heavy atom. The number of aliphatic hydroxyl groups excluding tert-OH is 1. The maximum absolute atomic E-state index is 9.23. The predicted octanol–water partition coefficient (Wildman–Crippen LogP) is 2.30. The molecule has 2 aromatic rings. The van der Waals surface area contributed by atoms with Crippen molar-refractivity contribution in [1.82, 2.24) is 0 Å². The van der Waals surface area contributed by atoms with E-state index in [1.54, 1.807) is 0 Å². The molecule has 0 saturated heterocycles. The van der Waals surface area contributed by atoms with E-state index in [1.807, 2.05) is 13.0 Å². The van der Waals surface area contributed by atoms with Gasteiger partial charge in [-0.1, -0.05) is 48.0 Å². The van der Waals surface area contributed by atoms with Gasteiger partial charge in [0.2, 0.25) is 0 Å². The summed E-state index contributed by atoms with van der Waals surface area (Å²) in [5, 5.41) is 11.4. The normalized spacial score (nSPS) is 12.1. The quantitative estimate of drug-likeness (QED) is 0.698. The lowest BCUT2D eigenvalue weighted by atomic mass is 10.0. The molecule has 0 aliphatic carbocycles. The molecular weight excluding hydrogens is 286 g/mol. The third kappa shape index (κ3) is 6.43. The largest absolute Gasteiger partial charge is 0.493 e. The van der Waals surface area contributed by atoms with E-state index in [-0.39, 0.29) is 6.10 Å². The number of quaternary nitrogens is 1. The first-order chi connectivity index (χ1) is 11.1. The topological polar surface area (TPSA) is 46.1 Å². The molecule has 3 heteroatoms. The third-order valence-electron chi connectivity index (χ3n) is 3.77. The minimum Gasteiger partial charge on any atom is -0.493 e. The first kappa shape index (κ1) is 17.5. The standard InChI is InChI=1S/C20H27NO2/c1-16-9-10-20(23-12-6-11-21-15-17(2)22)19(13-16)14-18-7-4-3-5-8-18/h3-5,7-10,13,17,21-22H,6,11-12,14-15H2,1-2H3/p+1/t17-/m0/s1. The molecule has 3 nitrogen and oxygen atoms in total. The van der Waals surface area contributed by atoms with Crippen LogP contribution in [0.15, 0.2) is 48.5 Å². The van der Waals surface area contributed by atoms with Crippen LogP contribution in [0, 0.1) is 6.92 Å². The third-order valence-corrected chi connectivity index (χ3v) is 3.77. The summed E-state index contributed by atoms with van der Waals surface area (Å²) >= 11 is 0. The molecule has 0 saturated carbocycles. The highest BCUT2D eigenvalue weighted by atomic mass is 16.5. The zero-order valence-corrected chi connectivity index (χ0v) is 14.2. The molecule has 0 aliphatic heterocycles. The summed E-state index contributed by atoms with van der Waals surface area (Å²) in [6.45, 7) is 6.37. The highest BCUT2D eigenvalue weighted by Crippen LogP contribution is 2.23. The Labute approximate surface area is 139 Å². The average Bonchev–Trinajstić information content (AvgIpc) is 2.53. The van der Waals surface area contributed by atoms with Crippen molar-refractivity contribution >= 4 is 0 Å². The smallest absolute Gasteiger partial charge is 0.122 e. The molecule has 0 aliphatic rings. The Bertz CT molecular complexity index is 581. The maximum atomic E-state index is 9.23. The van der Waals surface area contributed by atoms with Crippen LogP contribution in [-0.2, 0) is 6.42 Å². The molecule has 0 bridgehead atoms. The average molecular weight is 314 g/mol. The Balaban J connectivity index is 1.88. The van der Waals surface area contributed by atoms with Crippen molar-refractivity contribution in [2.24, 2.45) is 0 Å². The predicted molar refractivity (Wildman–Crippen MR) is 93.9 cm³/mol. The summed E-state index contributed by atoms with van der Waals surface area (Å²) in [4.78, 5) is 0. The number of aliphatic hydroxyl groups is 1. The minimum absolute atomic E-state index is 0.245. The number of hydrogen-bond donors (Lipinski definition) is 2. The number of benzene rings is 2. The van der Waals surface area contributed by atoms with Crippen LogP contribution in [0.5, 0.6) is 5.75 Å². The van der Waals surface area contributed by atoms with Crippen molar-refractivity contribution in [1.29, 1.82) is 0 Å². The van der Waals surface area contributed by atoms with Gasteiger partial charge in [-0.15, -0.1) is 0 Å². The highest BCUT2D eigenvalue weighted by molar-refractivity contribution is 5.40. The van der Waals surface area contributed by atoms with E-state index in [1.165, 1.54) is 16.7 Å². The van der Waals surface area contributed by atoms with Crippen LogP contribution >= 0.6 is 0 Å². The Morgan fingerprint density at radius 1 is 1.13 bits per heavy atom. The lowest BCUT2D eigenvalue weighted by Gasteiger charge is -2.13. The number of ether oxygens (including phenoxy) is 1. The SMILES string of the molecule is Cc1ccc(OCCC[NH2+]C[C@H](C)O)c(Cc2ccccc2)c1. The van der Waals surface area contributed by atoms with Gasteiger partial charge in [0.1, 0.15) is 12.3 Å². The van der Waals surface area contributed by atoms with Crippen molar-refractivity contribution < 1.29 is 15.2 Å². The lowest BCUT2D eigenvalue weighted by Crippen LogP contribution is -2.86. The van der Waals surface area contributed by atoms with Gasteiger partial charge in [0.25, 0.3) is 0 Å². The second-order valence-corrected chi connectivity index (χ2v) is 6.14. The molecule has 0 radical (unpaired) electrons. The van der Waals surface area contributed by atoms with Crippen LogP contribution in [0.4, 0.5) is 0 Å². The Morgan fingerprint density at radius 3 is 2.65 bits per heavy atom. The molecule has 0 fully saturated rings. The first-order valence-corrected chi connectivity index (χ1v) is 8.41. The molecule has 0 aromatic heterocycles. The molecule has 2 rings (SSSR count). The van der Waals surface area contributed by atoms with Crippen molar-refractivity contribution in [2.75, 3.05) is 19.7 Å². The zero-order valence-electron chi connectivity index (χ0n) is 14.2. The van der Waals surface area contributed by atoms with E-state index in [9.17, 15) is 5.11 Å². The van der Waals surface area contributed by atoms with Gasteiger partial charge in [-0.2, -0.15) is 0 Å². The fourth-order valence-corrected chi connectivity index (χ4v) is 2.57. The van der Waals surface area contributed by atoms with Crippen LogP contribution in [0.2, 0.25) is 0 Å². The molecule has 0 heterocycles. The van der Waals surface area contributed by atoms with Crippen molar-refractivity contribution in [3.8, 4) is 5.75 Å². The number of hydrogen-bond acceptors (Lipinski definition) is 2. The first-order valence-electron chi connectivity index (χ1n) is 8.41. The number of aryl methyl sites for hydroxylation is 1. The summed E-state index contributed by atoms with van der Waals surface area (Å²) in [7, 11) is 0. The monoisotopic (exact) mass is 314 g/mol. The fraction of sp³-hybridized carbons (Fsp3) is 0.400. The molecule has 23 heavy (non-hydrogen) atoms. The van der Waals surface area contributed by atoms with Gasteiger partial charge in [-0.05, 0) is 31.0 Å². The van der Waals surface area contributed by atoms with Crippen molar-refractivity contribution in [3.05, 3.63) is 65.2 Å². The fourth-order valence-electron chi connectivity index (χ4n) is 2.57. The molecule has 0 spiro atoms. The summed E-state index contributed by atoms with van der Waals surface area (Å²) < 4.78 is 5.99. The van der Waals surface area contributed by atoms with E-state index in [0.717, 1.165) is 31.7 Å². The van der Waals surface area contributed by atoms with Gasteiger partial charge in [-0.3, -0.25) is 0 Å². The van der Waals surface area contributed by atoms with Gasteiger partial charge >= 0.3 is 0 Å². The highest BCUT2D eigenvalue weighted by Gasteiger charge is 2.06. The van der Waals surface area contributed by atoms with Crippen LogP contribution in [-0.4, -0.2) is 30.9 Å². The van der Waals surface area contributed by atoms with Gasteiger partial charge in [-0.25, -0.2) is 0 Å². The molecular formula is C20H28NO2+. The number of nitrogens with two attached hydrogens (primary N) is 1. The van der Waals surface area contributed by atoms with Gasteiger partial charge in [0, 0.05) is 12.8 Å². The Kier molecular flexibility index (Phi) is 7.11. The van der Waals surface area contributed by atoms with Crippen LogP contribution in [0.1, 0.15) is 30.0 Å². The molecule has 3 N–H and O–H groups in total. The summed E-state index contributed by atoms with van der Waals surface area (Å²) in [5.41, 5.74) is 3.80. The Hall–Kier alpha value is -1.84. The van der Waals surface area contributed by atoms with E-state index in [4.69, 9.17) is 4.74 Å². The second kappa shape index (κ2) is 9.33. The second-order valence-electron chi connectivity index (χ2n) is 6.14. The lowest BCUT2D eigenvalue weighted by molar-refractivity contribution is -0.660. The van der Waals surface area contributed by atoms with E-state index in [0.29, 0.717) is 6.61 Å². The van der Waals surface area contributed by atoms with Gasteiger partial charge in [0.15, 0.2) is 0 Å². The van der Waals surface area contributed by atoms with E-state index in [2.05, 4.69) is 54.7 Å². The van der Waals surface area contributed by atoms with Crippen molar-refractivity contribution in [2.45, 2.75) is 32.8 Å².